The van der Waals surface area contributed by atoms with Crippen LogP contribution in [-0.4, -0.2) is 41.5 Å². The van der Waals surface area contributed by atoms with Crippen molar-refractivity contribution in [2.45, 2.75) is 25.9 Å². The molecule has 0 spiro atoms. The van der Waals surface area contributed by atoms with Crippen LogP contribution >= 0.6 is 12.6 Å². The number of piperidine rings is 1. The first-order valence-corrected chi connectivity index (χ1v) is 5.42. The quantitative estimate of drug-likeness (QED) is 0.647. The molecule has 2 nitrogen and oxygen atoms in total. The van der Waals surface area contributed by atoms with Crippen LogP contribution in [0.15, 0.2) is 0 Å². The van der Waals surface area contributed by atoms with Gasteiger partial charge in [0.25, 0.3) is 0 Å². The van der Waals surface area contributed by atoms with Crippen LogP contribution in [0.4, 0.5) is 0 Å². The third-order valence-electron chi connectivity index (χ3n) is 2.81. The van der Waals surface area contributed by atoms with Gasteiger partial charge in [-0.1, -0.05) is 6.92 Å². The van der Waals surface area contributed by atoms with Gasteiger partial charge in [0.2, 0.25) is 0 Å². The van der Waals surface area contributed by atoms with Crippen LogP contribution in [0.2, 0.25) is 0 Å². The topological polar surface area (TPSA) is 23.5 Å². The van der Waals surface area contributed by atoms with E-state index in [1.165, 1.54) is 0 Å². The van der Waals surface area contributed by atoms with Crippen molar-refractivity contribution in [2.24, 2.45) is 5.92 Å². The maximum Gasteiger partial charge on any atom is 0.0657 e. The summed E-state index contributed by atoms with van der Waals surface area (Å²) in [5, 5.41) is 9.55. The molecule has 0 aliphatic carbocycles. The fraction of sp³-hybridized carbons (Fsp3) is 1.00. The van der Waals surface area contributed by atoms with Gasteiger partial charge in [0.1, 0.15) is 0 Å². The molecule has 0 aromatic heterocycles. The zero-order chi connectivity index (χ0) is 8.97. The molecule has 0 radical (unpaired) electrons. The van der Waals surface area contributed by atoms with Crippen molar-refractivity contribution < 1.29 is 5.11 Å². The van der Waals surface area contributed by atoms with Gasteiger partial charge in [-0.25, -0.2) is 0 Å². The third kappa shape index (κ3) is 2.64. The summed E-state index contributed by atoms with van der Waals surface area (Å²) in [6.07, 6.45) is 2.08. The molecule has 1 heterocycles. The van der Waals surface area contributed by atoms with Crippen LogP contribution in [0, 0.1) is 5.92 Å². The zero-order valence-electron chi connectivity index (χ0n) is 7.74. The maximum atomic E-state index is 9.55. The molecule has 1 aliphatic rings. The zero-order valence-corrected chi connectivity index (χ0v) is 8.63. The number of thiol groups is 1. The standard InChI is InChI=1S/C9H19NOS/c1-2-10-5-3-8(4-6-10)9(11)7-12/h8-9,11-12H,2-7H2,1H3. The van der Waals surface area contributed by atoms with Gasteiger partial charge in [0, 0.05) is 5.75 Å². The number of hydrogen-bond donors (Lipinski definition) is 2. The van der Waals surface area contributed by atoms with Gasteiger partial charge < -0.3 is 10.0 Å². The van der Waals surface area contributed by atoms with Crippen molar-refractivity contribution in [1.29, 1.82) is 0 Å². The molecule has 1 rings (SSSR count). The largest absolute Gasteiger partial charge is 0.392 e. The lowest BCUT2D eigenvalue weighted by Gasteiger charge is -2.32. The molecular formula is C9H19NOS. The molecule has 0 aromatic rings. The fourth-order valence-electron chi connectivity index (χ4n) is 1.80. The summed E-state index contributed by atoms with van der Waals surface area (Å²) in [4.78, 5) is 2.43. The van der Waals surface area contributed by atoms with Crippen LogP contribution in [0.25, 0.3) is 0 Å². The van der Waals surface area contributed by atoms with Gasteiger partial charge >= 0.3 is 0 Å². The molecule has 1 fully saturated rings. The second-order valence-electron chi connectivity index (χ2n) is 3.52. The van der Waals surface area contributed by atoms with Crippen molar-refractivity contribution in [3.63, 3.8) is 0 Å². The highest BCUT2D eigenvalue weighted by Gasteiger charge is 2.23. The predicted octanol–water partition coefficient (Wildman–Crippen LogP) is 1.01. The van der Waals surface area contributed by atoms with Crippen LogP contribution in [0.5, 0.6) is 0 Å². The number of aliphatic hydroxyl groups is 1. The van der Waals surface area contributed by atoms with E-state index in [0.717, 1.165) is 32.5 Å². The van der Waals surface area contributed by atoms with Crippen molar-refractivity contribution in [1.82, 2.24) is 4.90 Å². The Balaban J connectivity index is 2.25. The molecule has 0 bridgehead atoms. The SMILES string of the molecule is CCN1CCC(C(O)CS)CC1. The number of aliphatic hydroxyl groups excluding tert-OH is 1. The molecule has 1 unspecified atom stereocenters. The summed E-state index contributed by atoms with van der Waals surface area (Å²) in [5.41, 5.74) is 0. The summed E-state index contributed by atoms with van der Waals surface area (Å²) >= 11 is 4.11. The molecule has 0 saturated carbocycles. The minimum absolute atomic E-state index is 0.188. The molecule has 1 saturated heterocycles. The summed E-state index contributed by atoms with van der Waals surface area (Å²) < 4.78 is 0. The number of nitrogens with zero attached hydrogens (tertiary/aromatic N) is 1. The van der Waals surface area contributed by atoms with E-state index >= 15 is 0 Å². The summed E-state index contributed by atoms with van der Waals surface area (Å²) in [7, 11) is 0. The average molecular weight is 189 g/mol. The van der Waals surface area contributed by atoms with Crippen molar-refractivity contribution >= 4 is 12.6 Å². The molecular weight excluding hydrogens is 170 g/mol. The predicted molar refractivity (Wildman–Crippen MR) is 54.7 cm³/mol. The first-order valence-electron chi connectivity index (χ1n) is 4.79. The first kappa shape index (κ1) is 10.4. The smallest absolute Gasteiger partial charge is 0.0657 e. The number of likely N-dealkylation sites (tertiary alicyclic amines) is 1. The van der Waals surface area contributed by atoms with Crippen LogP contribution in [-0.2, 0) is 0 Å². The lowest BCUT2D eigenvalue weighted by molar-refractivity contribution is 0.0770. The highest BCUT2D eigenvalue weighted by molar-refractivity contribution is 7.80. The van der Waals surface area contributed by atoms with Gasteiger partial charge in [-0.2, -0.15) is 12.6 Å². The van der Waals surface area contributed by atoms with Crippen LogP contribution in [0.3, 0.4) is 0 Å². The molecule has 0 amide bonds. The van der Waals surface area contributed by atoms with Crippen molar-refractivity contribution in [2.75, 3.05) is 25.4 Å². The van der Waals surface area contributed by atoms with Crippen LogP contribution in [0.1, 0.15) is 19.8 Å². The monoisotopic (exact) mass is 189 g/mol. The Labute approximate surface area is 80.4 Å². The van der Waals surface area contributed by atoms with Gasteiger partial charge in [0.15, 0.2) is 0 Å². The molecule has 12 heavy (non-hydrogen) atoms. The minimum atomic E-state index is -0.188. The molecule has 1 aliphatic heterocycles. The minimum Gasteiger partial charge on any atom is -0.392 e. The lowest BCUT2D eigenvalue weighted by atomic mass is 9.92. The Bertz CT molecular complexity index is 124. The average Bonchev–Trinajstić information content (AvgIpc) is 2.17. The number of hydrogen-bond acceptors (Lipinski definition) is 3. The van der Waals surface area contributed by atoms with Gasteiger partial charge in [-0.15, -0.1) is 0 Å². The first-order chi connectivity index (χ1) is 5.77. The van der Waals surface area contributed by atoms with Crippen molar-refractivity contribution in [3.8, 4) is 0 Å². The Hall–Kier alpha value is 0.270. The van der Waals surface area contributed by atoms with Gasteiger partial charge in [-0.3, -0.25) is 0 Å². The lowest BCUT2D eigenvalue weighted by Crippen LogP contribution is -2.38. The third-order valence-corrected chi connectivity index (χ3v) is 3.18. The molecule has 72 valence electrons. The normalized spacial score (nSPS) is 24.2. The summed E-state index contributed by atoms with van der Waals surface area (Å²) in [6, 6.07) is 0. The highest BCUT2D eigenvalue weighted by Crippen LogP contribution is 2.20. The number of rotatable bonds is 3. The van der Waals surface area contributed by atoms with E-state index in [9.17, 15) is 5.11 Å². The van der Waals surface area contributed by atoms with E-state index < -0.39 is 0 Å². The second-order valence-corrected chi connectivity index (χ2v) is 3.89. The van der Waals surface area contributed by atoms with E-state index in [1.807, 2.05) is 0 Å². The van der Waals surface area contributed by atoms with E-state index in [2.05, 4.69) is 24.5 Å². The van der Waals surface area contributed by atoms with E-state index in [1.54, 1.807) is 0 Å². The Kier molecular flexibility index (Phi) is 4.40. The molecule has 3 heteroatoms. The maximum absolute atomic E-state index is 9.55. The van der Waals surface area contributed by atoms with E-state index in [0.29, 0.717) is 11.7 Å². The van der Waals surface area contributed by atoms with E-state index in [4.69, 9.17) is 0 Å². The highest BCUT2D eigenvalue weighted by atomic mass is 32.1. The van der Waals surface area contributed by atoms with Gasteiger partial charge in [0.05, 0.1) is 6.10 Å². The second kappa shape index (κ2) is 5.10. The summed E-state index contributed by atoms with van der Waals surface area (Å²) in [6.45, 7) is 5.62. The van der Waals surface area contributed by atoms with E-state index in [-0.39, 0.29) is 6.10 Å². The Morgan fingerprint density at radius 3 is 2.50 bits per heavy atom. The Morgan fingerprint density at radius 1 is 1.50 bits per heavy atom. The fourth-order valence-corrected chi connectivity index (χ4v) is 2.10. The van der Waals surface area contributed by atoms with Gasteiger partial charge in [-0.05, 0) is 38.4 Å². The molecule has 0 aromatic carbocycles. The summed E-state index contributed by atoms with van der Waals surface area (Å²) in [5.74, 6) is 1.10. The van der Waals surface area contributed by atoms with Crippen molar-refractivity contribution in [3.05, 3.63) is 0 Å². The molecule has 1 N–H and O–H groups in total. The van der Waals surface area contributed by atoms with Crippen LogP contribution < -0.4 is 0 Å². The molecule has 1 atom stereocenters. The Morgan fingerprint density at radius 2 is 2.08 bits per heavy atom.